The number of carbonyl (C=O) groups is 2. The smallest absolute Gasteiger partial charge is 0.270 e. The number of benzene rings is 2. The van der Waals surface area contributed by atoms with Gasteiger partial charge in [-0.1, -0.05) is 28.9 Å². The molecular formula is C27H28BrN3O3S. The third-order valence-corrected chi connectivity index (χ3v) is 7.08. The van der Waals surface area contributed by atoms with Crippen LogP contribution in [0.3, 0.4) is 0 Å². The predicted octanol–water partition coefficient (Wildman–Crippen LogP) is 5.70. The van der Waals surface area contributed by atoms with E-state index in [-0.39, 0.29) is 16.2 Å². The maximum atomic E-state index is 13.4. The second kappa shape index (κ2) is 9.59. The van der Waals surface area contributed by atoms with Gasteiger partial charge in [-0.2, -0.15) is 0 Å². The molecule has 1 fully saturated rings. The van der Waals surface area contributed by atoms with Crippen molar-refractivity contribution in [3.63, 3.8) is 0 Å². The molecule has 2 aromatic rings. The van der Waals surface area contributed by atoms with Gasteiger partial charge in [0.25, 0.3) is 11.8 Å². The molecule has 4 rings (SSSR count). The minimum absolute atomic E-state index is 0.0112. The summed E-state index contributed by atoms with van der Waals surface area (Å²) in [7, 11) is 1.59. The number of rotatable bonds is 5. The molecule has 8 heteroatoms. The average molecular weight is 555 g/mol. The van der Waals surface area contributed by atoms with Crippen LogP contribution in [0.25, 0.3) is 11.6 Å². The highest BCUT2D eigenvalue weighted by atomic mass is 79.9. The minimum Gasteiger partial charge on any atom is -0.496 e. The van der Waals surface area contributed by atoms with Crippen molar-refractivity contribution < 1.29 is 14.3 Å². The Morgan fingerprint density at radius 3 is 2.49 bits per heavy atom. The van der Waals surface area contributed by atoms with Gasteiger partial charge >= 0.3 is 0 Å². The fraction of sp³-hybridized carbons (Fsp3) is 0.296. The lowest BCUT2D eigenvalue weighted by atomic mass is 9.87. The summed E-state index contributed by atoms with van der Waals surface area (Å²) in [6, 6.07) is 11.1. The fourth-order valence-corrected chi connectivity index (χ4v) is 5.23. The normalized spacial score (nSPS) is 18.4. The van der Waals surface area contributed by atoms with Gasteiger partial charge in [0.2, 0.25) is 0 Å². The van der Waals surface area contributed by atoms with Gasteiger partial charge in [-0.3, -0.25) is 19.8 Å². The number of halogens is 1. The highest BCUT2D eigenvalue weighted by Gasteiger charge is 2.36. The lowest BCUT2D eigenvalue weighted by Gasteiger charge is -2.43. The number of hydrogen-bond acceptors (Lipinski definition) is 5. The molecule has 35 heavy (non-hydrogen) atoms. The van der Waals surface area contributed by atoms with E-state index in [1.165, 1.54) is 4.90 Å². The molecule has 0 atom stereocenters. The molecule has 0 aromatic heterocycles. The third-order valence-electron chi connectivity index (χ3n) is 6.26. The monoisotopic (exact) mass is 553 g/mol. The Morgan fingerprint density at radius 2 is 1.86 bits per heavy atom. The maximum absolute atomic E-state index is 13.4. The number of methoxy groups -OCH3 is 1. The van der Waals surface area contributed by atoms with Crippen molar-refractivity contribution >= 4 is 68.1 Å². The second-order valence-corrected chi connectivity index (χ2v) is 10.5. The van der Waals surface area contributed by atoms with Crippen LogP contribution in [-0.4, -0.2) is 36.1 Å². The highest BCUT2D eigenvalue weighted by Crippen LogP contribution is 2.43. The molecule has 0 radical (unpaired) electrons. The Hall–Kier alpha value is -2.97. The van der Waals surface area contributed by atoms with E-state index in [0.717, 1.165) is 34.3 Å². The summed E-state index contributed by atoms with van der Waals surface area (Å²) in [6.45, 7) is 9.53. The molecule has 0 unspecified atom stereocenters. The van der Waals surface area contributed by atoms with Gasteiger partial charge < -0.3 is 9.64 Å². The number of amides is 2. The number of nitrogens with zero attached hydrogens (tertiary/aromatic N) is 2. The summed E-state index contributed by atoms with van der Waals surface area (Å²) in [5.74, 6) is -0.428. The van der Waals surface area contributed by atoms with Crippen LogP contribution >= 0.6 is 28.1 Å². The number of carbonyl (C=O) groups excluding carboxylic acids is 2. The van der Waals surface area contributed by atoms with Gasteiger partial charge in [0.1, 0.15) is 11.3 Å². The van der Waals surface area contributed by atoms with Gasteiger partial charge in [-0.15, -0.1) is 0 Å². The van der Waals surface area contributed by atoms with Crippen LogP contribution < -0.4 is 19.9 Å². The van der Waals surface area contributed by atoms with Gasteiger partial charge in [-0.25, -0.2) is 0 Å². The second-order valence-electron chi connectivity index (χ2n) is 9.18. The Kier molecular flexibility index (Phi) is 6.88. The number of allylic oxidation sites excluding steroid dienone is 1. The molecule has 2 amide bonds. The standard InChI is InChI=1S/C27H28BrN3O3S/c1-6-11-30-22-14-23(34-5)17(12-20(22)16(2)15-27(30,3)4)13-21-24(32)29-26(35)31(25(21)33)19-9-7-18(28)8-10-19/h7-10,12-15H,6,11H2,1-5H3,(H,29,32,35)/b21-13-. The molecule has 182 valence electrons. The summed E-state index contributed by atoms with van der Waals surface area (Å²) < 4.78 is 6.59. The van der Waals surface area contributed by atoms with Crippen LogP contribution in [0.1, 0.15) is 45.2 Å². The van der Waals surface area contributed by atoms with E-state index in [4.69, 9.17) is 17.0 Å². The van der Waals surface area contributed by atoms with Gasteiger partial charge in [0.15, 0.2) is 5.11 Å². The largest absolute Gasteiger partial charge is 0.496 e. The Balaban J connectivity index is 1.82. The summed E-state index contributed by atoms with van der Waals surface area (Å²) in [6.07, 6.45) is 4.84. The number of hydrogen-bond donors (Lipinski definition) is 1. The first-order chi connectivity index (χ1) is 16.6. The molecule has 0 aliphatic carbocycles. The predicted molar refractivity (Wildman–Crippen MR) is 149 cm³/mol. The number of ether oxygens (including phenoxy) is 1. The topological polar surface area (TPSA) is 61.9 Å². The Morgan fingerprint density at radius 1 is 1.17 bits per heavy atom. The van der Waals surface area contributed by atoms with Crippen molar-refractivity contribution in [2.24, 2.45) is 0 Å². The summed E-state index contributed by atoms with van der Waals surface area (Å²) >= 11 is 8.71. The van der Waals surface area contributed by atoms with Gasteiger partial charge in [-0.05, 0) is 81.4 Å². The van der Waals surface area contributed by atoms with E-state index in [1.807, 2.05) is 24.3 Å². The fourth-order valence-electron chi connectivity index (χ4n) is 4.68. The molecular weight excluding hydrogens is 526 g/mol. The zero-order valence-electron chi connectivity index (χ0n) is 20.4. The average Bonchev–Trinajstić information content (AvgIpc) is 2.80. The molecule has 2 aliphatic heterocycles. The van der Waals surface area contributed by atoms with Crippen LogP contribution in [0, 0.1) is 0 Å². The molecule has 1 N–H and O–H groups in total. The zero-order valence-corrected chi connectivity index (χ0v) is 22.8. The molecule has 0 bridgehead atoms. The van der Waals surface area contributed by atoms with E-state index in [9.17, 15) is 9.59 Å². The quantitative estimate of drug-likeness (QED) is 0.292. The van der Waals surface area contributed by atoms with Crippen molar-refractivity contribution in [2.45, 2.75) is 39.7 Å². The molecule has 0 saturated carbocycles. The lowest BCUT2D eigenvalue weighted by Crippen LogP contribution is -2.54. The first-order valence-electron chi connectivity index (χ1n) is 11.4. The lowest BCUT2D eigenvalue weighted by molar-refractivity contribution is -0.122. The van der Waals surface area contributed by atoms with E-state index in [0.29, 0.717) is 17.0 Å². The van der Waals surface area contributed by atoms with E-state index in [1.54, 1.807) is 25.3 Å². The summed E-state index contributed by atoms with van der Waals surface area (Å²) in [5, 5.41) is 2.69. The number of fused-ring (bicyclic) bond motifs is 1. The van der Waals surface area contributed by atoms with E-state index >= 15 is 0 Å². The number of nitrogens with one attached hydrogen (secondary N) is 1. The molecule has 0 spiro atoms. The van der Waals surface area contributed by atoms with Crippen LogP contribution in [0.15, 0.2) is 52.5 Å². The first-order valence-corrected chi connectivity index (χ1v) is 12.6. The van der Waals surface area contributed by atoms with Crippen LogP contribution in [0.2, 0.25) is 0 Å². The molecule has 2 heterocycles. The Bertz CT molecular complexity index is 1280. The van der Waals surface area contributed by atoms with Crippen molar-refractivity contribution in [1.82, 2.24) is 5.32 Å². The first kappa shape index (κ1) is 25.1. The van der Waals surface area contributed by atoms with Crippen molar-refractivity contribution in [2.75, 3.05) is 23.5 Å². The van der Waals surface area contributed by atoms with Crippen molar-refractivity contribution in [3.8, 4) is 5.75 Å². The molecule has 6 nitrogen and oxygen atoms in total. The van der Waals surface area contributed by atoms with Crippen LogP contribution in [-0.2, 0) is 9.59 Å². The zero-order chi connectivity index (χ0) is 25.5. The van der Waals surface area contributed by atoms with Crippen LogP contribution in [0.4, 0.5) is 11.4 Å². The SMILES string of the molecule is CCCN1c2cc(OC)c(/C=C3/C(=O)NC(=S)N(c4ccc(Br)cc4)C3=O)cc2C(C)=CC1(C)C. The molecule has 2 aliphatic rings. The summed E-state index contributed by atoms with van der Waals surface area (Å²) in [5.41, 5.74) is 4.33. The Labute approximate surface area is 219 Å². The molecule has 1 saturated heterocycles. The van der Waals surface area contributed by atoms with Crippen molar-refractivity contribution in [3.05, 3.63) is 63.6 Å². The molecule has 2 aromatic carbocycles. The highest BCUT2D eigenvalue weighted by molar-refractivity contribution is 9.10. The minimum atomic E-state index is -0.533. The van der Waals surface area contributed by atoms with Gasteiger partial charge in [0, 0.05) is 33.9 Å². The number of anilines is 2. The summed E-state index contributed by atoms with van der Waals surface area (Å²) in [4.78, 5) is 30.0. The van der Waals surface area contributed by atoms with Crippen LogP contribution in [0.5, 0.6) is 5.75 Å². The van der Waals surface area contributed by atoms with Crippen molar-refractivity contribution in [1.29, 1.82) is 0 Å². The van der Waals surface area contributed by atoms with E-state index in [2.05, 4.69) is 59.9 Å². The van der Waals surface area contributed by atoms with Gasteiger partial charge in [0.05, 0.1) is 18.3 Å². The number of thiocarbonyl (C=S) groups is 1. The maximum Gasteiger partial charge on any atom is 0.270 e. The van der Waals surface area contributed by atoms with E-state index < -0.39 is 11.8 Å². The third kappa shape index (κ3) is 4.65.